The van der Waals surface area contributed by atoms with Crippen molar-refractivity contribution in [3.05, 3.63) is 34.2 Å². The van der Waals surface area contributed by atoms with Crippen molar-refractivity contribution in [3.8, 4) is 11.6 Å². The summed E-state index contributed by atoms with van der Waals surface area (Å²) in [7, 11) is 3.05. The van der Waals surface area contributed by atoms with Crippen LogP contribution < -0.4 is 14.8 Å². The second-order valence-electron chi connectivity index (χ2n) is 3.84. The number of hydrogen-bond donors (Lipinski definition) is 1. The van der Waals surface area contributed by atoms with Gasteiger partial charge in [-0.25, -0.2) is 4.98 Å². The molecule has 1 N–H and O–H groups in total. The molecule has 100 valence electrons. The number of thiophene rings is 1. The van der Waals surface area contributed by atoms with Gasteiger partial charge in [-0.15, -0.1) is 11.3 Å². The molecule has 5 nitrogen and oxygen atoms in total. The van der Waals surface area contributed by atoms with Gasteiger partial charge in [0.1, 0.15) is 16.3 Å². The van der Waals surface area contributed by atoms with E-state index in [4.69, 9.17) is 9.47 Å². The normalized spacial score (nSPS) is 10.1. The number of carbonyl (C=O) groups is 1. The molecule has 0 aliphatic heterocycles. The van der Waals surface area contributed by atoms with Crippen LogP contribution in [0.5, 0.6) is 11.6 Å². The summed E-state index contributed by atoms with van der Waals surface area (Å²) in [6.45, 7) is 1.90. The number of anilines is 1. The largest absolute Gasteiger partial charge is 0.495 e. The Morgan fingerprint density at radius 2 is 2.16 bits per heavy atom. The molecule has 0 radical (unpaired) electrons. The molecule has 2 rings (SSSR count). The van der Waals surface area contributed by atoms with E-state index in [9.17, 15) is 4.79 Å². The van der Waals surface area contributed by atoms with Gasteiger partial charge >= 0.3 is 0 Å². The van der Waals surface area contributed by atoms with Crippen LogP contribution in [0.25, 0.3) is 0 Å². The highest BCUT2D eigenvalue weighted by molar-refractivity contribution is 7.12. The maximum atomic E-state index is 12.2. The molecule has 0 unspecified atom stereocenters. The molecule has 19 heavy (non-hydrogen) atoms. The van der Waals surface area contributed by atoms with Gasteiger partial charge in [0.15, 0.2) is 0 Å². The summed E-state index contributed by atoms with van der Waals surface area (Å²) in [5, 5.41) is 4.59. The van der Waals surface area contributed by atoms with E-state index >= 15 is 0 Å². The Labute approximate surface area is 115 Å². The number of ether oxygens (including phenoxy) is 2. The highest BCUT2D eigenvalue weighted by Crippen LogP contribution is 2.28. The van der Waals surface area contributed by atoms with Crippen LogP contribution in [0.1, 0.15) is 15.2 Å². The number of pyridine rings is 1. The fourth-order valence-electron chi connectivity index (χ4n) is 1.61. The Morgan fingerprint density at radius 1 is 1.37 bits per heavy atom. The van der Waals surface area contributed by atoms with Gasteiger partial charge < -0.3 is 14.8 Å². The van der Waals surface area contributed by atoms with Crippen LogP contribution in [0.2, 0.25) is 0 Å². The minimum absolute atomic E-state index is 0.238. The van der Waals surface area contributed by atoms with Crippen molar-refractivity contribution in [1.29, 1.82) is 0 Å². The average Bonchev–Trinajstić information content (AvgIpc) is 2.87. The minimum Gasteiger partial charge on any atom is -0.495 e. The topological polar surface area (TPSA) is 60.5 Å². The van der Waals surface area contributed by atoms with Gasteiger partial charge in [-0.1, -0.05) is 0 Å². The van der Waals surface area contributed by atoms with Crippen molar-refractivity contribution in [3.63, 3.8) is 0 Å². The van der Waals surface area contributed by atoms with E-state index in [0.717, 1.165) is 5.56 Å². The Morgan fingerprint density at radius 3 is 2.84 bits per heavy atom. The molecule has 6 heteroatoms. The molecule has 0 fully saturated rings. The zero-order valence-corrected chi connectivity index (χ0v) is 11.7. The molecule has 2 aromatic rings. The number of nitrogens with one attached hydrogen (secondary N) is 1. The average molecular weight is 278 g/mol. The predicted octanol–water partition coefficient (Wildman–Crippen LogP) is 2.72. The van der Waals surface area contributed by atoms with E-state index in [1.165, 1.54) is 25.6 Å². The number of rotatable bonds is 4. The van der Waals surface area contributed by atoms with E-state index in [1.807, 2.05) is 13.0 Å². The summed E-state index contributed by atoms with van der Waals surface area (Å²) in [6, 6.07) is 3.56. The monoisotopic (exact) mass is 278 g/mol. The van der Waals surface area contributed by atoms with E-state index in [1.54, 1.807) is 17.6 Å². The molecule has 0 aromatic carbocycles. The molecule has 0 atom stereocenters. The lowest BCUT2D eigenvalue weighted by Gasteiger charge is -2.09. The second kappa shape index (κ2) is 5.71. The number of carbonyl (C=O) groups excluding carboxylic acids is 1. The van der Waals surface area contributed by atoms with Gasteiger partial charge in [0.25, 0.3) is 5.91 Å². The van der Waals surface area contributed by atoms with Gasteiger partial charge in [0.2, 0.25) is 5.88 Å². The third-order valence-electron chi connectivity index (χ3n) is 2.48. The number of aromatic nitrogens is 1. The van der Waals surface area contributed by atoms with Gasteiger partial charge in [-0.05, 0) is 30.0 Å². The maximum absolute atomic E-state index is 12.2. The summed E-state index contributed by atoms with van der Waals surface area (Å²) >= 11 is 1.32. The first-order chi connectivity index (χ1) is 9.15. The van der Waals surface area contributed by atoms with Crippen LogP contribution in [-0.4, -0.2) is 25.1 Å². The van der Waals surface area contributed by atoms with Crippen molar-refractivity contribution in [2.75, 3.05) is 19.5 Å². The number of hydrogen-bond acceptors (Lipinski definition) is 5. The molecule has 0 saturated heterocycles. The molecule has 0 aliphatic carbocycles. The van der Waals surface area contributed by atoms with Crippen molar-refractivity contribution >= 4 is 22.9 Å². The molecule has 0 saturated carbocycles. The molecule has 2 aromatic heterocycles. The quantitative estimate of drug-likeness (QED) is 0.934. The summed E-state index contributed by atoms with van der Waals surface area (Å²) in [4.78, 5) is 16.8. The summed E-state index contributed by atoms with van der Waals surface area (Å²) < 4.78 is 10.2. The van der Waals surface area contributed by atoms with E-state index in [2.05, 4.69) is 10.3 Å². The third kappa shape index (κ3) is 2.85. The first-order valence-electron chi connectivity index (χ1n) is 5.59. The zero-order valence-electron chi connectivity index (χ0n) is 10.9. The third-order valence-corrected chi connectivity index (χ3v) is 3.38. The Hall–Kier alpha value is -2.08. The number of nitrogens with zero attached hydrogens (tertiary/aromatic N) is 1. The summed E-state index contributed by atoms with van der Waals surface area (Å²) in [5.41, 5.74) is 1.48. The molecule has 0 aliphatic rings. The Bertz CT molecular complexity index is 595. The second-order valence-corrected chi connectivity index (χ2v) is 4.76. The lowest BCUT2D eigenvalue weighted by atomic mass is 10.3. The van der Waals surface area contributed by atoms with Crippen LogP contribution in [0.4, 0.5) is 5.69 Å². The van der Waals surface area contributed by atoms with E-state index in [-0.39, 0.29) is 5.91 Å². The Kier molecular flexibility index (Phi) is 4.01. The number of methoxy groups -OCH3 is 2. The van der Waals surface area contributed by atoms with Gasteiger partial charge in [-0.2, -0.15) is 0 Å². The van der Waals surface area contributed by atoms with Crippen LogP contribution in [-0.2, 0) is 0 Å². The van der Waals surface area contributed by atoms with E-state index in [0.29, 0.717) is 22.2 Å². The van der Waals surface area contributed by atoms with Crippen LogP contribution in [0.15, 0.2) is 23.7 Å². The van der Waals surface area contributed by atoms with E-state index < -0.39 is 0 Å². The molecule has 2 heterocycles. The fourth-order valence-corrected chi connectivity index (χ4v) is 2.37. The number of aryl methyl sites for hydroxylation is 1. The lowest BCUT2D eigenvalue weighted by molar-refractivity contribution is 0.102. The highest BCUT2D eigenvalue weighted by Gasteiger charge is 2.16. The number of amides is 1. The van der Waals surface area contributed by atoms with Crippen LogP contribution >= 0.6 is 11.3 Å². The summed E-state index contributed by atoms with van der Waals surface area (Å²) in [6.07, 6.45) is 1.68. The standard InChI is InChI=1S/C13H14N2O3S/c1-8-6-9(13(18-3)14-7-8)15-12(16)11-10(17-2)4-5-19-11/h4-7H,1-3H3,(H,15,16). The first kappa shape index (κ1) is 13.4. The molecular weight excluding hydrogens is 264 g/mol. The van der Waals surface area contributed by atoms with Crippen molar-refractivity contribution in [2.45, 2.75) is 6.92 Å². The van der Waals surface area contributed by atoms with Gasteiger partial charge in [0, 0.05) is 6.20 Å². The smallest absolute Gasteiger partial charge is 0.269 e. The molecule has 1 amide bonds. The molecule has 0 spiro atoms. The highest BCUT2D eigenvalue weighted by atomic mass is 32.1. The Balaban J connectivity index is 2.26. The van der Waals surface area contributed by atoms with Crippen molar-refractivity contribution < 1.29 is 14.3 Å². The summed E-state index contributed by atoms with van der Waals surface area (Å²) in [5.74, 6) is 0.703. The predicted molar refractivity (Wildman–Crippen MR) is 74.4 cm³/mol. The van der Waals surface area contributed by atoms with Crippen LogP contribution in [0.3, 0.4) is 0 Å². The SMILES string of the molecule is COc1ccsc1C(=O)Nc1cc(C)cnc1OC. The zero-order chi connectivity index (χ0) is 13.8. The van der Waals surface area contributed by atoms with Crippen LogP contribution in [0, 0.1) is 6.92 Å². The first-order valence-corrected chi connectivity index (χ1v) is 6.47. The molecular formula is C13H14N2O3S. The van der Waals surface area contributed by atoms with Crippen molar-refractivity contribution in [1.82, 2.24) is 4.98 Å². The van der Waals surface area contributed by atoms with Gasteiger partial charge in [-0.3, -0.25) is 4.79 Å². The molecule has 0 bridgehead atoms. The minimum atomic E-state index is -0.238. The maximum Gasteiger partial charge on any atom is 0.269 e. The lowest BCUT2D eigenvalue weighted by Crippen LogP contribution is -2.12. The van der Waals surface area contributed by atoms with Gasteiger partial charge in [0.05, 0.1) is 14.2 Å². The van der Waals surface area contributed by atoms with Crippen molar-refractivity contribution in [2.24, 2.45) is 0 Å². The fraction of sp³-hybridized carbons (Fsp3) is 0.231.